The molecule has 3 aromatic heterocycles. The van der Waals surface area contributed by atoms with Crippen LogP contribution in [-0.2, 0) is 6.54 Å². The number of hydrogen-bond acceptors (Lipinski definition) is 4. The molecule has 0 radical (unpaired) electrons. The first-order valence-corrected chi connectivity index (χ1v) is 11.7. The third kappa shape index (κ3) is 3.83. The molecule has 146 valence electrons. The van der Waals surface area contributed by atoms with Crippen LogP contribution in [0.4, 0.5) is 0 Å². The molecule has 1 saturated heterocycles. The van der Waals surface area contributed by atoms with Crippen molar-refractivity contribution in [1.82, 2.24) is 9.88 Å². The quantitative estimate of drug-likeness (QED) is 0.548. The van der Waals surface area contributed by atoms with E-state index in [0.29, 0.717) is 0 Å². The average Bonchev–Trinajstić information content (AvgIpc) is 3.47. The second-order valence-electron chi connectivity index (χ2n) is 7.40. The molecule has 1 aliphatic heterocycles. The lowest BCUT2D eigenvalue weighted by atomic mass is 10.1. The first-order valence-electron chi connectivity index (χ1n) is 9.85. The van der Waals surface area contributed by atoms with E-state index in [-0.39, 0.29) is 5.91 Å². The van der Waals surface area contributed by atoms with Gasteiger partial charge in [0.05, 0.1) is 47.8 Å². The molecule has 4 heterocycles. The lowest BCUT2D eigenvalue weighted by Crippen LogP contribution is -3.13. The van der Waals surface area contributed by atoms with Gasteiger partial charge in [0, 0.05) is 10.9 Å². The van der Waals surface area contributed by atoms with Crippen LogP contribution in [0.5, 0.6) is 0 Å². The predicted molar refractivity (Wildman–Crippen MR) is 120 cm³/mol. The fourth-order valence-corrected chi connectivity index (χ4v) is 5.31. The molecule has 1 fully saturated rings. The van der Waals surface area contributed by atoms with Crippen molar-refractivity contribution in [2.45, 2.75) is 6.54 Å². The Balaban J connectivity index is 1.39. The Morgan fingerprint density at radius 1 is 1.07 bits per heavy atom. The van der Waals surface area contributed by atoms with Gasteiger partial charge in [-0.05, 0) is 40.4 Å². The minimum absolute atomic E-state index is 0.121. The molecule has 0 aliphatic carbocycles. The molecule has 1 aromatic carbocycles. The number of aromatic nitrogens is 1. The van der Waals surface area contributed by atoms with Crippen molar-refractivity contribution < 1.29 is 9.69 Å². The van der Waals surface area contributed by atoms with Crippen LogP contribution in [0.15, 0.2) is 64.7 Å². The number of rotatable bonds is 4. The molecular weight excluding hydrogens is 398 g/mol. The topological polar surface area (TPSA) is 37.6 Å². The summed E-state index contributed by atoms with van der Waals surface area (Å²) in [6, 6.07) is 16.2. The van der Waals surface area contributed by atoms with E-state index in [2.05, 4.69) is 22.9 Å². The van der Waals surface area contributed by atoms with Gasteiger partial charge in [-0.2, -0.15) is 11.3 Å². The van der Waals surface area contributed by atoms with Gasteiger partial charge in [0.25, 0.3) is 5.91 Å². The van der Waals surface area contributed by atoms with Crippen LogP contribution < -0.4 is 4.90 Å². The van der Waals surface area contributed by atoms with Crippen molar-refractivity contribution in [3.63, 3.8) is 0 Å². The first kappa shape index (κ1) is 18.5. The van der Waals surface area contributed by atoms with Crippen LogP contribution in [0.3, 0.4) is 0 Å². The van der Waals surface area contributed by atoms with Crippen molar-refractivity contribution in [3.05, 3.63) is 75.8 Å². The number of carbonyl (C=O) groups excluding carboxylic acids is 1. The Morgan fingerprint density at radius 3 is 2.69 bits per heavy atom. The van der Waals surface area contributed by atoms with E-state index >= 15 is 0 Å². The highest BCUT2D eigenvalue weighted by Gasteiger charge is 2.26. The lowest BCUT2D eigenvalue weighted by Gasteiger charge is -2.32. The maximum absolute atomic E-state index is 13.5. The minimum Gasteiger partial charge on any atom is -0.328 e. The van der Waals surface area contributed by atoms with Crippen molar-refractivity contribution >= 4 is 39.5 Å². The van der Waals surface area contributed by atoms with E-state index in [0.717, 1.165) is 59.8 Å². The number of piperazine rings is 1. The number of amides is 1. The van der Waals surface area contributed by atoms with Gasteiger partial charge in [0.2, 0.25) is 0 Å². The van der Waals surface area contributed by atoms with Crippen molar-refractivity contribution in [2.75, 3.05) is 26.2 Å². The molecule has 0 saturated carbocycles. The number of thiophene rings is 2. The molecule has 0 unspecified atom stereocenters. The Bertz CT molecular complexity index is 1110. The van der Waals surface area contributed by atoms with Crippen LogP contribution >= 0.6 is 22.7 Å². The van der Waals surface area contributed by atoms with Crippen LogP contribution in [-0.4, -0.2) is 42.0 Å². The van der Waals surface area contributed by atoms with E-state index < -0.39 is 0 Å². The molecule has 1 N–H and O–H groups in total. The second-order valence-corrected chi connectivity index (χ2v) is 9.13. The van der Waals surface area contributed by atoms with E-state index in [1.807, 2.05) is 46.7 Å². The van der Waals surface area contributed by atoms with Crippen LogP contribution in [0.1, 0.15) is 15.9 Å². The molecule has 5 rings (SSSR count). The Labute approximate surface area is 178 Å². The van der Waals surface area contributed by atoms with Crippen molar-refractivity contribution in [3.8, 4) is 10.6 Å². The maximum Gasteiger partial charge on any atom is 0.255 e. The first-order chi connectivity index (χ1) is 14.3. The van der Waals surface area contributed by atoms with Crippen LogP contribution in [0.25, 0.3) is 21.5 Å². The number of pyridine rings is 1. The number of nitrogens with zero attached hydrogens (tertiary/aromatic N) is 2. The molecule has 4 nitrogen and oxygen atoms in total. The number of benzene rings is 1. The van der Waals surface area contributed by atoms with Gasteiger partial charge in [-0.25, -0.2) is 4.98 Å². The Morgan fingerprint density at radius 2 is 1.93 bits per heavy atom. The fourth-order valence-electron chi connectivity index (χ4n) is 3.96. The normalized spacial score (nSPS) is 15.1. The second kappa shape index (κ2) is 8.06. The lowest BCUT2D eigenvalue weighted by molar-refractivity contribution is -0.917. The van der Waals surface area contributed by atoms with Crippen molar-refractivity contribution in [2.24, 2.45) is 0 Å². The largest absolute Gasteiger partial charge is 0.328 e. The SMILES string of the molecule is O=C(c1cc(-c2cccs2)nc2ccccc12)N1CC[NH+](Cc2ccsc2)CC1. The summed E-state index contributed by atoms with van der Waals surface area (Å²) in [6.45, 7) is 4.61. The molecule has 0 spiro atoms. The van der Waals surface area contributed by atoms with E-state index in [1.54, 1.807) is 27.6 Å². The van der Waals surface area contributed by atoms with Gasteiger partial charge < -0.3 is 9.80 Å². The summed E-state index contributed by atoms with van der Waals surface area (Å²) in [5.41, 5.74) is 3.91. The summed E-state index contributed by atoms with van der Waals surface area (Å²) in [5, 5.41) is 7.34. The summed E-state index contributed by atoms with van der Waals surface area (Å²) in [7, 11) is 0. The zero-order valence-corrected chi connectivity index (χ0v) is 17.6. The molecule has 1 aliphatic rings. The minimum atomic E-state index is 0.121. The van der Waals surface area contributed by atoms with Crippen LogP contribution in [0, 0.1) is 0 Å². The fraction of sp³-hybridized carbons (Fsp3) is 0.217. The molecule has 0 atom stereocenters. The summed E-state index contributed by atoms with van der Waals surface area (Å²) in [4.78, 5) is 22.9. The molecule has 1 amide bonds. The summed E-state index contributed by atoms with van der Waals surface area (Å²) < 4.78 is 0. The Hall–Kier alpha value is -2.54. The van der Waals surface area contributed by atoms with E-state index in [4.69, 9.17) is 4.98 Å². The number of nitrogens with one attached hydrogen (secondary N) is 1. The standard InChI is InChI=1S/C23H21N3OS2/c27-23(26-10-8-25(9-11-26)15-17-7-13-28-16-17)19-14-21(22-6-3-12-29-22)24-20-5-2-1-4-18(19)20/h1-7,12-14,16H,8-11,15H2/p+1. The Kier molecular flexibility index (Phi) is 5.14. The van der Waals surface area contributed by atoms with Crippen molar-refractivity contribution in [1.29, 1.82) is 0 Å². The molecular formula is C23H22N3OS2+. The maximum atomic E-state index is 13.5. The third-order valence-corrected chi connectivity index (χ3v) is 7.14. The highest BCUT2D eigenvalue weighted by Crippen LogP contribution is 2.28. The number of para-hydroxylation sites is 1. The van der Waals surface area contributed by atoms with Gasteiger partial charge >= 0.3 is 0 Å². The molecule has 6 heteroatoms. The average molecular weight is 421 g/mol. The van der Waals surface area contributed by atoms with Gasteiger partial charge in [-0.3, -0.25) is 4.79 Å². The van der Waals surface area contributed by atoms with Crippen LogP contribution in [0.2, 0.25) is 0 Å². The zero-order chi connectivity index (χ0) is 19.6. The summed E-state index contributed by atoms with van der Waals surface area (Å²) in [6.07, 6.45) is 0. The van der Waals surface area contributed by atoms with Gasteiger partial charge in [0.15, 0.2) is 0 Å². The number of hydrogen-bond donors (Lipinski definition) is 1. The van der Waals surface area contributed by atoms with E-state index in [9.17, 15) is 4.79 Å². The number of quaternary nitrogens is 1. The van der Waals surface area contributed by atoms with E-state index in [1.165, 1.54) is 5.56 Å². The summed E-state index contributed by atoms with van der Waals surface area (Å²) in [5.74, 6) is 0.121. The van der Waals surface area contributed by atoms with Gasteiger partial charge in [0.1, 0.15) is 6.54 Å². The predicted octanol–water partition coefficient (Wildman–Crippen LogP) is 3.57. The smallest absolute Gasteiger partial charge is 0.255 e. The summed E-state index contributed by atoms with van der Waals surface area (Å²) >= 11 is 3.40. The zero-order valence-electron chi connectivity index (χ0n) is 16.0. The third-order valence-electron chi connectivity index (χ3n) is 5.51. The number of fused-ring (bicyclic) bond motifs is 1. The molecule has 0 bridgehead atoms. The van der Waals surface area contributed by atoms with Gasteiger partial charge in [-0.1, -0.05) is 24.3 Å². The van der Waals surface area contributed by atoms with Gasteiger partial charge in [-0.15, -0.1) is 11.3 Å². The molecule has 4 aromatic rings. The number of carbonyl (C=O) groups is 1. The highest BCUT2D eigenvalue weighted by molar-refractivity contribution is 7.13. The highest BCUT2D eigenvalue weighted by atomic mass is 32.1. The monoisotopic (exact) mass is 420 g/mol. The molecule has 29 heavy (non-hydrogen) atoms.